The number of nitrogens with zero attached hydrogens (tertiary/aromatic N) is 2. The van der Waals surface area contributed by atoms with E-state index in [2.05, 4.69) is 17.5 Å². The van der Waals surface area contributed by atoms with Gasteiger partial charge in [0, 0.05) is 12.2 Å². The van der Waals surface area contributed by atoms with Gasteiger partial charge in [0.1, 0.15) is 0 Å². The monoisotopic (exact) mass is 247 g/mol. The van der Waals surface area contributed by atoms with Crippen LogP contribution in [0.3, 0.4) is 0 Å². The molecule has 2 aromatic carbocycles. The molecule has 0 aliphatic rings. The third-order valence-corrected chi connectivity index (χ3v) is 2.82. The van der Waals surface area contributed by atoms with Gasteiger partial charge >= 0.3 is 0 Å². The highest BCUT2D eigenvalue weighted by molar-refractivity contribution is 5.45. The summed E-state index contributed by atoms with van der Waals surface area (Å²) in [6.07, 6.45) is 0.440. The summed E-state index contributed by atoms with van der Waals surface area (Å²) in [6.45, 7) is 0.712. The smallest absolute Gasteiger partial charge is 0.0991 e. The first-order valence-corrected chi connectivity index (χ1v) is 6.00. The van der Waals surface area contributed by atoms with Crippen LogP contribution in [0.1, 0.15) is 16.7 Å². The molecular formula is C16H13N3. The average molecular weight is 247 g/mol. The van der Waals surface area contributed by atoms with E-state index in [1.807, 2.05) is 48.5 Å². The lowest BCUT2D eigenvalue weighted by molar-refractivity contribution is 1.14. The topological polar surface area (TPSA) is 59.6 Å². The molecule has 0 saturated heterocycles. The summed E-state index contributed by atoms with van der Waals surface area (Å²) in [4.78, 5) is 0. The summed E-state index contributed by atoms with van der Waals surface area (Å²) in [7, 11) is 0. The average Bonchev–Trinajstić information content (AvgIpc) is 2.47. The maximum absolute atomic E-state index is 8.72. The third-order valence-electron chi connectivity index (χ3n) is 2.82. The van der Waals surface area contributed by atoms with Crippen molar-refractivity contribution in [3.63, 3.8) is 0 Å². The summed E-state index contributed by atoms with van der Waals surface area (Å²) in [5, 5.41) is 20.6. The first kappa shape index (κ1) is 12.7. The molecule has 19 heavy (non-hydrogen) atoms. The van der Waals surface area contributed by atoms with Crippen molar-refractivity contribution in [3.8, 4) is 12.1 Å². The second-order valence-corrected chi connectivity index (χ2v) is 4.19. The summed E-state index contributed by atoms with van der Waals surface area (Å²) in [6, 6.07) is 19.6. The van der Waals surface area contributed by atoms with Crippen LogP contribution < -0.4 is 5.32 Å². The van der Waals surface area contributed by atoms with E-state index in [9.17, 15) is 0 Å². The van der Waals surface area contributed by atoms with Crippen molar-refractivity contribution in [3.05, 3.63) is 65.2 Å². The van der Waals surface area contributed by atoms with E-state index in [1.165, 1.54) is 0 Å². The van der Waals surface area contributed by atoms with Crippen molar-refractivity contribution < 1.29 is 0 Å². The first-order valence-electron chi connectivity index (χ1n) is 6.00. The Morgan fingerprint density at radius 2 is 1.47 bits per heavy atom. The predicted octanol–water partition coefficient (Wildman–Crippen LogP) is 3.24. The molecule has 0 aliphatic heterocycles. The number of rotatable bonds is 4. The van der Waals surface area contributed by atoms with E-state index in [0.29, 0.717) is 18.5 Å². The molecule has 3 heteroatoms. The lowest BCUT2D eigenvalue weighted by Gasteiger charge is -2.07. The Morgan fingerprint density at radius 3 is 2.05 bits per heavy atom. The van der Waals surface area contributed by atoms with E-state index in [0.717, 1.165) is 16.8 Å². The van der Waals surface area contributed by atoms with Crippen molar-refractivity contribution in [2.45, 2.75) is 13.0 Å². The van der Waals surface area contributed by atoms with Gasteiger partial charge < -0.3 is 5.32 Å². The largest absolute Gasteiger partial charge is 0.381 e. The van der Waals surface area contributed by atoms with Crippen LogP contribution in [0, 0.1) is 22.7 Å². The van der Waals surface area contributed by atoms with Crippen LogP contribution in [0.5, 0.6) is 0 Å². The Bertz CT molecular complexity index is 613. The van der Waals surface area contributed by atoms with Crippen molar-refractivity contribution in [1.82, 2.24) is 0 Å². The van der Waals surface area contributed by atoms with Gasteiger partial charge in [0.25, 0.3) is 0 Å². The molecule has 0 bridgehead atoms. The Kier molecular flexibility index (Phi) is 4.16. The van der Waals surface area contributed by atoms with E-state index in [4.69, 9.17) is 10.5 Å². The highest BCUT2D eigenvalue weighted by atomic mass is 14.9. The van der Waals surface area contributed by atoms with Crippen LogP contribution >= 0.6 is 0 Å². The van der Waals surface area contributed by atoms with Gasteiger partial charge in [0.2, 0.25) is 0 Å². The Hall–Kier alpha value is -2.78. The molecule has 2 rings (SSSR count). The Morgan fingerprint density at radius 1 is 0.842 bits per heavy atom. The second-order valence-electron chi connectivity index (χ2n) is 4.19. The SMILES string of the molecule is N#CCc1ccc(NCc2ccc(C#N)cc2)cc1. The van der Waals surface area contributed by atoms with E-state index in [-0.39, 0.29) is 0 Å². The minimum atomic E-state index is 0.440. The Balaban J connectivity index is 1.94. The van der Waals surface area contributed by atoms with Crippen LogP contribution in [0.4, 0.5) is 5.69 Å². The van der Waals surface area contributed by atoms with Gasteiger partial charge in [-0.1, -0.05) is 24.3 Å². The normalized spacial score (nSPS) is 9.37. The van der Waals surface area contributed by atoms with Gasteiger partial charge in [-0.25, -0.2) is 0 Å². The zero-order chi connectivity index (χ0) is 13.5. The zero-order valence-electron chi connectivity index (χ0n) is 10.4. The van der Waals surface area contributed by atoms with Crippen molar-refractivity contribution in [1.29, 1.82) is 10.5 Å². The van der Waals surface area contributed by atoms with Crippen LogP contribution in [0.15, 0.2) is 48.5 Å². The Labute approximate surface area is 112 Å². The number of nitriles is 2. The lowest BCUT2D eigenvalue weighted by Crippen LogP contribution is -1.99. The molecule has 0 spiro atoms. The van der Waals surface area contributed by atoms with Gasteiger partial charge in [-0.2, -0.15) is 10.5 Å². The number of benzene rings is 2. The fraction of sp³-hybridized carbons (Fsp3) is 0.125. The first-order chi connectivity index (χ1) is 9.31. The maximum Gasteiger partial charge on any atom is 0.0991 e. The van der Waals surface area contributed by atoms with Crippen molar-refractivity contribution in [2.24, 2.45) is 0 Å². The van der Waals surface area contributed by atoms with Gasteiger partial charge in [-0.15, -0.1) is 0 Å². The minimum absolute atomic E-state index is 0.440. The number of hydrogen-bond acceptors (Lipinski definition) is 3. The molecule has 2 aromatic rings. The van der Waals surface area contributed by atoms with E-state index < -0.39 is 0 Å². The summed E-state index contributed by atoms with van der Waals surface area (Å²) in [5.41, 5.74) is 3.84. The van der Waals surface area contributed by atoms with E-state index in [1.54, 1.807) is 0 Å². The summed E-state index contributed by atoms with van der Waals surface area (Å²) < 4.78 is 0. The molecule has 92 valence electrons. The molecule has 0 aliphatic carbocycles. The molecule has 0 radical (unpaired) electrons. The fourth-order valence-electron chi connectivity index (χ4n) is 1.73. The molecule has 0 heterocycles. The second kappa shape index (κ2) is 6.23. The molecule has 3 nitrogen and oxygen atoms in total. The summed E-state index contributed by atoms with van der Waals surface area (Å²) in [5.74, 6) is 0. The van der Waals surface area contributed by atoms with Crippen LogP contribution in [-0.2, 0) is 13.0 Å². The molecule has 0 unspecified atom stereocenters. The fourth-order valence-corrected chi connectivity index (χ4v) is 1.73. The van der Waals surface area contributed by atoms with E-state index >= 15 is 0 Å². The van der Waals surface area contributed by atoms with Gasteiger partial charge in [0.15, 0.2) is 0 Å². The third kappa shape index (κ3) is 3.59. The zero-order valence-corrected chi connectivity index (χ0v) is 10.4. The number of nitrogens with one attached hydrogen (secondary N) is 1. The molecule has 0 atom stereocenters. The van der Waals surface area contributed by atoms with Crippen molar-refractivity contribution >= 4 is 5.69 Å². The highest BCUT2D eigenvalue weighted by Crippen LogP contribution is 2.12. The summed E-state index contributed by atoms with van der Waals surface area (Å²) >= 11 is 0. The molecule has 0 aromatic heterocycles. The van der Waals surface area contributed by atoms with Crippen LogP contribution in [-0.4, -0.2) is 0 Å². The van der Waals surface area contributed by atoms with Gasteiger partial charge in [-0.3, -0.25) is 0 Å². The predicted molar refractivity (Wildman–Crippen MR) is 74.2 cm³/mol. The molecule has 0 saturated carbocycles. The standard InChI is InChI=1S/C16H13N3/c17-10-9-13-5-7-16(8-6-13)19-12-15-3-1-14(11-18)2-4-15/h1-8,19H,9,12H2. The number of hydrogen-bond donors (Lipinski definition) is 1. The molecule has 1 N–H and O–H groups in total. The molecule has 0 amide bonds. The lowest BCUT2D eigenvalue weighted by atomic mass is 10.1. The van der Waals surface area contributed by atoms with Gasteiger partial charge in [-0.05, 0) is 35.4 Å². The van der Waals surface area contributed by atoms with Crippen molar-refractivity contribution in [2.75, 3.05) is 5.32 Å². The molecule has 0 fully saturated rings. The molecular weight excluding hydrogens is 234 g/mol. The maximum atomic E-state index is 8.72. The van der Waals surface area contributed by atoms with Crippen LogP contribution in [0.25, 0.3) is 0 Å². The quantitative estimate of drug-likeness (QED) is 0.902. The minimum Gasteiger partial charge on any atom is -0.381 e. The van der Waals surface area contributed by atoms with Gasteiger partial charge in [0.05, 0.1) is 24.1 Å². The van der Waals surface area contributed by atoms with Crippen LogP contribution in [0.2, 0.25) is 0 Å². The number of anilines is 1. The highest BCUT2D eigenvalue weighted by Gasteiger charge is 1.96.